The first kappa shape index (κ1) is 29.8. The molecule has 0 rings (SSSR count). The number of aliphatic carboxylic acids is 2. The van der Waals surface area contributed by atoms with Gasteiger partial charge >= 0.3 is 11.9 Å². The summed E-state index contributed by atoms with van der Waals surface area (Å²) < 4.78 is 0. The van der Waals surface area contributed by atoms with Gasteiger partial charge in [0.05, 0.1) is 18.9 Å². The number of carbonyl (C=O) groups excluding carboxylic acids is 4. The summed E-state index contributed by atoms with van der Waals surface area (Å²) in [6.07, 6.45) is -0.708. The van der Waals surface area contributed by atoms with Gasteiger partial charge in [0.1, 0.15) is 18.1 Å². The average molecular weight is 474 g/mol. The van der Waals surface area contributed by atoms with E-state index in [0.717, 1.165) is 0 Å². The maximum atomic E-state index is 12.8. The minimum atomic E-state index is -1.59. The quantitative estimate of drug-likeness (QED) is 0.143. The lowest BCUT2D eigenvalue weighted by Gasteiger charge is -2.26. The number of carbonyl (C=O) groups is 6. The molecule has 5 atom stereocenters. The predicted octanol–water partition coefficient (Wildman–Crippen LogP) is -1.70. The van der Waals surface area contributed by atoms with E-state index in [-0.39, 0.29) is 12.3 Å². The summed E-state index contributed by atoms with van der Waals surface area (Å²) >= 11 is 0. The number of nitrogens with two attached hydrogens (primary N) is 2. The molecular formula is C20H35N5O8. The Balaban J connectivity index is 5.58. The van der Waals surface area contributed by atoms with E-state index < -0.39 is 78.5 Å². The molecule has 0 radical (unpaired) electrons. The van der Waals surface area contributed by atoms with Crippen molar-refractivity contribution in [3.8, 4) is 0 Å². The van der Waals surface area contributed by atoms with Crippen LogP contribution in [0.3, 0.4) is 0 Å². The minimum absolute atomic E-state index is 0.0954. The maximum Gasteiger partial charge on any atom is 0.326 e. The van der Waals surface area contributed by atoms with Gasteiger partial charge in [-0.1, -0.05) is 34.1 Å². The molecule has 0 aromatic heterocycles. The highest BCUT2D eigenvalue weighted by Crippen LogP contribution is 2.10. The van der Waals surface area contributed by atoms with Gasteiger partial charge in [0.2, 0.25) is 23.6 Å². The molecule has 5 unspecified atom stereocenters. The van der Waals surface area contributed by atoms with E-state index >= 15 is 0 Å². The van der Waals surface area contributed by atoms with Crippen LogP contribution in [0.15, 0.2) is 0 Å². The molecule has 0 saturated heterocycles. The van der Waals surface area contributed by atoms with Crippen LogP contribution in [0.1, 0.15) is 53.4 Å². The summed E-state index contributed by atoms with van der Waals surface area (Å²) in [5, 5.41) is 25.4. The zero-order valence-corrected chi connectivity index (χ0v) is 19.3. The molecule has 13 heteroatoms. The number of carboxylic acid groups (broad SMARTS) is 2. The van der Waals surface area contributed by atoms with Crippen molar-refractivity contribution in [1.82, 2.24) is 16.0 Å². The molecular weight excluding hydrogens is 438 g/mol. The number of nitrogens with one attached hydrogen (secondary N) is 3. The summed E-state index contributed by atoms with van der Waals surface area (Å²) in [5.74, 6) is -6.73. The summed E-state index contributed by atoms with van der Waals surface area (Å²) in [7, 11) is 0. The topological polar surface area (TPSA) is 231 Å². The fourth-order valence-electron chi connectivity index (χ4n) is 2.88. The number of rotatable bonds is 15. The fourth-order valence-corrected chi connectivity index (χ4v) is 2.88. The van der Waals surface area contributed by atoms with Crippen LogP contribution in [-0.2, 0) is 28.8 Å². The van der Waals surface area contributed by atoms with Crippen molar-refractivity contribution in [2.75, 3.05) is 0 Å². The molecule has 0 aromatic rings. The van der Waals surface area contributed by atoms with E-state index in [1.54, 1.807) is 27.7 Å². The lowest BCUT2D eigenvalue weighted by Crippen LogP contribution is -2.58. The molecule has 0 bridgehead atoms. The van der Waals surface area contributed by atoms with Crippen molar-refractivity contribution < 1.29 is 39.0 Å². The van der Waals surface area contributed by atoms with Crippen LogP contribution < -0.4 is 27.4 Å². The zero-order valence-electron chi connectivity index (χ0n) is 19.3. The fraction of sp³-hybridized carbons (Fsp3) is 0.700. The largest absolute Gasteiger partial charge is 0.481 e. The van der Waals surface area contributed by atoms with E-state index in [1.165, 1.54) is 0 Å². The first-order valence-electron chi connectivity index (χ1n) is 10.6. The molecule has 13 nitrogen and oxygen atoms in total. The average Bonchev–Trinajstić information content (AvgIpc) is 2.68. The van der Waals surface area contributed by atoms with Crippen LogP contribution >= 0.6 is 0 Å². The van der Waals surface area contributed by atoms with Gasteiger partial charge in [-0.25, -0.2) is 4.79 Å². The van der Waals surface area contributed by atoms with Gasteiger partial charge in [0.15, 0.2) is 0 Å². The molecule has 188 valence electrons. The van der Waals surface area contributed by atoms with Gasteiger partial charge < -0.3 is 37.6 Å². The third-order valence-electron chi connectivity index (χ3n) is 4.89. The Kier molecular flexibility index (Phi) is 12.7. The van der Waals surface area contributed by atoms with E-state index in [0.29, 0.717) is 6.42 Å². The molecule has 0 aromatic carbocycles. The van der Waals surface area contributed by atoms with E-state index in [4.69, 9.17) is 16.6 Å². The Labute approximate surface area is 192 Å². The molecule has 0 spiro atoms. The molecule has 0 aliphatic carbocycles. The van der Waals surface area contributed by atoms with Gasteiger partial charge in [-0.2, -0.15) is 0 Å². The van der Waals surface area contributed by atoms with Crippen LogP contribution in [0.4, 0.5) is 0 Å². The van der Waals surface area contributed by atoms with Crippen LogP contribution in [0.2, 0.25) is 0 Å². The van der Waals surface area contributed by atoms with Crippen molar-refractivity contribution >= 4 is 35.6 Å². The molecule has 4 amide bonds. The van der Waals surface area contributed by atoms with Crippen molar-refractivity contribution in [1.29, 1.82) is 0 Å². The summed E-state index contributed by atoms with van der Waals surface area (Å²) in [6.45, 7) is 6.86. The predicted molar refractivity (Wildman–Crippen MR) is 116 cm³/mol. The highest BCUT2D eigenvalue weighted by molar-refractivity contribution is 5.96. The van der Waals surface area contributed by atoms with Crippen LogP contribution in [0.25, 0.3) is 0 Å². The molecule has 0 fully saturated rings. The van der Waals surface area contributed by atoms with Crippen LogP contribution in [0.5, 0.6) is 0 Å². The van der Waals surface area contributed by atoms with Gasteiger partial charge in [-0.3, -0.25) is 24.0 Å². The summed E-state index contributed by atoms with van der Waals surface area (Å²) in [4.78, 5) is 71.4. The maximum absolute atomic E-state index is 12.8. The van der Waals surface area contributed by atoms with Gasteiger partial charge in [-0.05, 0) is 18.3 Å². The van der Waals surface area contributed by atoms with E-state index in [1.807, 2.05) is 0 Å². The lowest BCUT2D eigenvalue weighted by atomic mass is 9.98. The van der Waals surface area contributed by atoms with E-state index in [9.17, 15) is 33.9 Å². The third kappa shape index (κ3) is 11.3. The number of amides is 4. The van der Waals surface area contributed by atoms with Crippen LogP contribution in [-0.4, -0.2) is 69.9 Å². The Bertz CT molecular complexity index is 742. The molecule has 0 heterocycles. The number of hydrogen-bond acceptors (Lipinski definition) is 7. The zero-order chi connectivity index (χ0) is 25.9. The van der Waals surface area contributed by atoms with E-state index in [2.05, 4.69) is 16.0 Å². The normalized spacial score (nSPS) is 15.5. The molecule has 0 aliphatic rings. The summed E-state index contributed by atoms with van der Waals surface area (Å²) in [6, 6.07) is -5.36. The molecule has 0 saturated carbocycles. The van der Waals surface area contributed by atoms with Crippen LogP contribution in [0, 0.1) is 11.8 Å². The highest BCUT2D eigenvalue weighted by Gasteiger charge is 2.33. The second kappa shape index (κ2) is 14.0. The smallest absolute Gasteiger partial charge is 0.326 e. The van der Waals surface area contributed by atoms with Gasteiger partial charge in [0.25, 0.3) is 0 Å². The summed E-state index contributed by atoms with van der Waals surface area (Å²) in [5.41, 5.74) is 10.6. The molecule has 0 aliphatic heterocycles. The SMILES string of the molecule is CCC(C)C(NC(=O)C(CC(=O)O)NC(=O)C(CC(C)C)NC(=O)C(N)CC(N)=O)C(=O)O. The Hall–Kier alpha value is -3.22. The first-order valence-corrected chi connectivity index (χ1v) is 10.6. The first-order chi connectivity index (χ1) is 15.2. The second-order valence-corrected chi connectivity index (χ2v) is 8.34. The lowest BCUT2D eigenvalue weighted by molar-refractivity contribution is -0.144. The Morgan fingerprint density at radius 2 is 1.33 bits per heavy atom. The van der Waals surface area contributed by atoms with Gasteiger partial charge in [0, 0.05) is 0 Å². The third-order valence-corrected chi connectivity index (χ3v) is 4.89. The number of hydrogen-bond donors (Lipinski definition) is 7. The Morgan fingerprint density at radius 3 is 1.76 bits per heavy atom. The molecule has 33 heavy (non-hydrogen) atoms. The standard InChI is InChI=1S/C20H35N5O8/c1-5-10(4)16(20(32)33)25-19(31)13(8-15(27)28)24-18(30)12(6-9(2)3)23-17(29)11(21)7-14(22)26/h9-13,16H,5-8,21H2,1-4H3,(H2,22,26)(H,23,29)(H,24,30)(H,25,31)(H,27,28)(H,32,33). The highest BCUT2D eigenvalue weighted by atomic mass is 16.4. The van der Waals surface area contributed by atoms with Crippen molar-refractivity contribution in [2.45, 2.75) is 77.5 Å². The van der Waals surface area contributed by atoms with Crippen molar-refractivity contribution in [2.24, 2.45) is 23.3 Å². The van der Waals surface area contributed by atoms with Gasteiger partial charge in [-0.15, -0.1) is 0 Å². The monoisotopic (exact) mass is 473 g/mol. The van der Waals surface area contributed by atoms with Crippen molar-refractivity contribution in [3.63, 3.8) is 0 Å². The molecule has 9 N–H and O–H groups in total. The second-order valence-electron chi connectivity index (χ2n) is 8.34. The van der Waals surface area contributed by atoms with Crippen molar-refractivity contribution in [3.05, 3.63) is 0 Å². The Morgan fingerprint density at radius 1 is 0.818 bits per heavy atom. The number of carboxylic acids is 2. The number of primary amides is 1. The minimum Gasteiger partial charge on any atom is -0.481 e.